The van der Waals surface area contributed by atoms with E-state index in [2.05, 4.69) is 60.0 Å². The van der Waals surface area contributed by atoms with E-state index in [1.807, 2.05) is 6.26 Å². The normalized spacial score (nSPS) is 11.5. The van der Waals surface area contributed by atoms with Gasteiger partial charge in [0.05, 0.1) is 9.83 Å². The highest BCUT2D eigenvalue weighted by atomic mass is 127. The van der Waals surface area contributed by atoms with Crippen molar-refractivity contribution in [1.82, 2.24) is 5.32 Å². The minimum absolute atomic E-state index is 0.706. The van der Waals surface area contributed by atoms with Gasteiger partial charge in [-0.3, -0.25) is 0 Å². The monoisotopic (exact) mass is 343 g/mol. The standard InChI is InChI=1S/C14H18INO/c1-10(2)8-16-7-6-11-9-17-14-12(11)4-3-5-13(14)15/h3-5,9-10,16H,6-8H2,1-2H3. The molecule has 2 nitrogen and oxygen atoms in total. The molecule has 17 heavy (non-hydrogen) atoms. The average Bonchev–Trinajstić information content (AvgIpc) is 2.69. The molecular formula is C14H18INO. The molecule has 0 unspecified atom stereocenters. The Bertz CT molecular complexity index is 490. The molecule has 0 spiro atoms. The zero-order chi connectivity index (χ0) is 12.3. The molecule has 0 saturated carbocycles. The van der Waals surface area contributed by atoms with Crippen LogP contribution >= 0.6 is 22.6 Å². The molecule has 1 aromatic heterocycles. The van der Waals surface area contributed by atoms with Crippen LogP contribution in [0.3, 0.4) is 0 Å². The quantitative estimate of drug-likeness (QED) is 0.659. The average molecular weight is 343 g/mol. The van der Waals surface area contributed by atoms with Crippen LogP contribution in [-0.2, 0) is 6.42 Å². The van der Waals surface area contributed by atoms with Crippen molar-refractivity contribution in [1.29, 1.82) is 0 Å². The predicted molar refractivity (Wildman–Crippen MR) is 80.3 cm³/mol. The maximum absolute atomic E-state index is 5.62. The van der Waals surface area contributed by atoms with Crippen LogP contribution in [0.5, 0.6) is 0 Å². The Labute approximate surface area is 116 Å². The van der Waals surface area contributed by atoms with Crippen LogP contribution in [0.1, 0.15) is 19.4 Å². The molecule has 3 heteroatoms. The Morgan fingerprint density at radius 2 is 2.18 bits per heavy atom. The number of para-hydroxylation sites is 1. The zero-order valence-corrected chi connectivity index (χ0v) is 12.5. The Morgan fingerprint density at radius 1 is 1.35 bits per heavy atom. The lowest BCUT2D eigenvalue weighted by atomic mass is 10.1. The molecule has 2 aromatic rings. The number of nitrogens with one attached hydrogen (secondary N) is 1. The fraction of sp³-hybridized carbons (Fsp3) is 0.429. The van der Waals surface area contributed by atoms with Crippen LogP contribution in [0.4, 0.5) is 0 Å². The van der Waals surface area contributed by atoms with Gasteiger partial charge in [-0.25, -0.2) is 0 Å². The lowest BCUT2D eigenvalue weighted by Gasteiger charge is -2.06. The van der Waals surface area contributed by atoms with Gasteiger partial charge in [-0.05, 0) is 59.6 Å². The summed E-state index contributed by atoms with van der Waals surface area (Å²) in [5.74, 6) is 0.706. The highest BCUT2D eigenvalue weighted by molar-refractivity contribution is 14.1. The van der Waals surface area contributed by atoms with Crippen LogP contribution < -0.4 is 5.32 Å². The maximum Gasteiger partial charge on any atom is 0.147 e. The molecular weight excluding hydrogens is 325 g/mol. The third kappa shape index (κ3) is 3.22. The number of benzene rings is 1. The first-order chi connectivity index (χ1) is 8.18. The van der Waals surface area contributed by atoms with Gasteiger partial charge in [-0.15, -0.1) is 0 Å². The van der Waals surface area contributed by atoms with Crippen molar-refractivity contribution in [2.45, 2.75) is 20.3 Å². The first-order valence-corrected chi connectivity index (χ1v) is 7.11. The van der Waals surface area contributed by atoms with Crippen LogP contribution in [0, 0.1) is 9.49 Å². The number of fused-ring (bicyclic) bond motifs is 1. The number of furan rings is 1. The second-order valence-corrected chi connectivity index (χ2v) is 5.89. The van der Waals surface area contributed by atoms with E-state index >= 15 is 0 Å². The molecule has 0 aliphatic carbocycles. The first-order valence-electron chi connectivity index (χ1n) is 6.04. The molecule has 0 bridgehead atoms. The highest BCUT2D eigenvalue weighted by Gasteiger charge is 2.07. The molecule has 1 N–H and O–H groups in total. The lowest BCUT2D eigenvalue weighted by Crippen LogP contribution is -2.21. The van der Waals surface area contributed by atoms with Gasteiger partial charge < -0.3 is 9.73 Å². The summed E-state index contributed by atoms with van der Waals surface area (Å²) in [5, 5.41) is 4.71. The van der Waals surface area contributed by atoms with Crippen molar-refractivity contribution >= 4 is 33.6 Å². The van der Waals surface area contributed by atoms with Gasteiger partial charge >= 0.3 is 0 Å². The summed E-state index contributed by atoms with van der Waals surface area (Å²) in [5.41, 5.74) is 2.32. The van der Waals surface area contributed by atoms with E-state index in [1.54, 1.807) is 0 Å². The largest absolute Gasteiger partial charge is 0.463 e. The van der Waals surface area contributed by atoms with Crippen LogP contribution in [0.2, 0.25) is 0 Å². The SMILES string of the molecule is CC(C)CNCCc1coc2c(I)cccc12. The van der Waals surface area contributed by atoms with E-state index in [-0.39, 0.29) is 0 Å². The number of rotatable bonds is 5. The van der Waals surface area contributed by atoms with Gasteiger partial charge in [0.1, 0.15) is 5.58 Å². The second-order valence-electron chi connectivity index (χ2n) is 4.73. The Hall–Kier alpha value is -0.550. The summed E-state index contributed by atoms with van der Waals surface area (Å²) in [4.78, 5) is 0. The zero-order valence-electron chi connectivity index (χ0n) is 10.3. The molecule has 0 amide bonds. The molecule has 1 aromatic carbocycles. The predicted octanol–water partition coefficient (Wildman–Crippen LogP) is 3.83. The van der Waals surface area contributed by atoms with E-state index in [0.717, 1.165) is 25.1 Å². The van der Waals surface area contributed by atoms with Crippen LogP contribution in [-0.4, -0.2) is 13.1 Å². The topological polar surface area (TPSA) is 25.2 Å². The minimum atomic E-state index is 0.706. The minimum Gasteiger partial charge on any atom is -0.463 e. The van der Waals surface area contributed by atoms with Crippen molar-refractivity contribution in [2.24, 2.45) is 5.92 Å². The van der Waals surface area contributed by atoms with Crippen molar-refractivity contribution in [3.63, 3.8) is 0 Å². The third-order valence-electron chi connectivity index (χ3n) is 2.76. The van der Waals surface area contributed by atoms with Gasteiger partial charge in [0, 0.05) is 5.39 Å². The first kappa shape index (κ1) is 12.9. The second kappa shape index (κ2) is 5.87. The number of hydrogen-bond acceptors (Lipinski definition) is 2. The Morgan fingerprint density at radius 3 is 2.94 bits per heavy atom. The molecule has 2 rings (SSSR count). The van der Waals surface area contributed by atoms with Crippen molar-refractivity contribution < 1.29 is 4.42 Å². The molecule has 0 aliphatic heterocycles. The van der Waals surface area contributed by atoms with Gasteiger partial charge in [-0.1, -0.05) is 26.0 Å². The van der Waals surface area contributed by atoms with E-state index < -0.39 is 0 Å². The smallest absolute Gasteiger partial charge is 0.147 e. The molecule has 0 saturated heterocycles. The van der Waals surface area contributed by atoms with E-state index in [1.165, 1.54) is 14.5 Å². The highest BCUT2D eigenvalue weighted by Crippen LogP contribution is 2.25. The van der Waals surface area contributed by atoms with Crippen molar-refractivity contribution in [2.75, 3.05) is 13.1 Å². The molecule has 0 atom stereocenters. The van der Waals surface area contributed by atoms with Gasteiger partial charge in [-0.2, -0.15) is 0 Å². The van der Waals surface area contributed by atoms with Crippen molar-refractivity contribution in [3.8, 4) is 0 Å². The van der Waals surface area contributed by atoms with Gasteiger partial charge in [0.15, 0.2) is 0 Å². The van der Waals surface area contributed by atoms with E-state index in [9.17, 15) is 0 Å². The van der Waals surface area contributed by atoms with E-state index in [4.69, 9.17) is 4.42 Å². The fourth-order valence-corrected chi connectivity index (χ4v) is 2.51. The summed E-state index contributed by atoms with van der Waals surface area (Å²) in [6.07, 6.45) is 2.92. The van der Waals surface area contributed by atoms with Crippen LogP contribution in [0.25, 0.3) is 11.0 Å². The molecule has 0 fully saturated rings. The molecule has 0 radical (unpaired) electrons. The molecule has 0 aliphatic rings. The summed E-state index contributed by atoms with van der Waals surface area (Å²) < 4.78 is 6.80. The number of halogens is 1. The summed E-state index contributed by atoms with van der Waals surface area (Å²) in [6.45, 7) is 6.54. The summed E-state index contributed by atoms with van der Waals surface area (Å²) >= 11 is 2.32. The number of hydrogen-bond donors (Lipinski definition) is 1. The fourth-order valence-electron chi connectivity index (χ4n) is 1.88. The summed E-state index contributed by atoms with van der Waals surface area (Å²) in [7, 11) is 0. The van der Waals surface area contributed by atoms with Gasteiger partial charge in [0.2, 0.25) is 0 Å². The maximum atomic E-state index is 5.62. The lowest BCUT2D eigenvalue weighted by molar-refractivity contribution is 0.552. The van der Waals surface area contributed by atoms with Crippen LogP contribution in [0.15, 0.2) is 28.9 Å². The van der Waals surface area contributed by atoms with E-state index in [0.29, 0.717) is 5.92 Å². The summed E-state index contributed by atoms with van der Waals surface area (Å²) in [6, 6.07) is 6.30. The van der Waals surface area contributed by atoms with Crippen molar-refractivity contribution in [3.05, 3.63) is 33.6 Å². The molecule has 92 valence electrons. The Kier molecular flexibility index (Phi) is 4.45. The Balaban J connectivity index is 2.02. The molecule has 1 heterocycles. The van der Waals surface area contributed by atoms with Gasteiger partial charge in [0.25, 0.3) is 0 Å². The third-order valence-corrected chi connectivity index (χ3v) is 3.61.